The zero-order chi connectivity index (χ0) is 16.1. The van der Waals surface area contributed by atoms with E-state index in [4.69, 9.17) is 10.00 Å². The van der Waals surface area contributed by atoms with E-state index in [9.17, 15) is 9.59 Å². The van der Waals surface area contributed by atoms with Crippen molar-refractivity contribution in [1.29, 1.82) is 5.26 Å². The minimum atomic E-state index is -0.563. The normalized spacial score (nSPS) is 9.86. The summed E-state index contributed by atoms with van der Waals surface area (Å²) >= 11 is 0. The first-order chi connectivity index (χ1) is 10.6. The average Bonchev–Trinajstić information content (AvgIpc) is 2.56. The SMILES string of the molecule is COC(=O)Cn1c(-c2ccc(OC)cc2)ccc(C#N)c1=O. The molecule has 6 heteroatoms. The molecule has 1 aromatic heterocycles. The van der Waals surface area contributed by atoms with Crippen molar-refractivity contribution in [1.82, 2.24) is 4.57 Å². The van der Waals surface area contributed by atoms with Gasteiger partial charge in [0, 0.05) is 0 Å². The Bertz CT molecular complexity index is 785. The summed E-state index contributed by atoms with van der Waals surface area (Å²) in [6.07, 6.45) is 0. The summed E-state index contributed by atoms with van der Waals surface area (Å²) in [5, 5.41) is 8.97. The van der Waals surface area contributed by atoms with Crippen molar-refractivity contribution in [2.24, 2.45) is 0 Å². The fraction of sp³-hybridized carbons (Fsp3) is 0.188. The minimum absolute atomic E-state index is 0.0267. The molecule has 0 spiro atoms. The van der Waals surface area contributed by atoms with Gasteiger partial charge in [0.1, 0.15) is 23.9 Å². The summed E-state index contributed by atoms with van der Waals surface area (Å²) in [6, 6.07) is 11.9. The van der Waals surface area contributed by atoms with E-state index < -0.39 is 11.5 Å². The molecule has 2 rings (SSSR count). The van der Waals surface area contributed by atoms with Gasteiger partial charge in [0.05, 0.1) is 19.9 Å². The Labute approximate surface area is 127 Å². The summed E-state index contributed by atoms with van der Waals surface area (Å²) in [5.41, 5.74) is 0.700. The number of hydrogen-bond donors (Lipinski definition) is 0. The molecule has 0 amide bonds. The predicted molar refractivity (Wildman–Crippen MR) is 79.4 cm³/mol. The van der Waals surface area contributed by atoms with E-state index in [-0.39, 0.29) is 12.1 Å². The predicted octanol–water partition coefficient (Wildman–Crippen LogP) is 1.57. The Morgan fingerprint density at radius 3 is 2.41 bits per heavy atom. The number of nitrogens with zero attached hydrogens (tertiary/aromatic N) is 2. The number of carbonyl (C=O) groups excluding carboxylic acids is 1. The van der Waals surface area contributed by atoms with E-state index in [2.05, 4.69) is 4.74 Å². The highest BCUT2D eigenvalue weighted by Gasteiger charge is 2.13. The Morgan fingerprint density at radius 1 is 1.18 bits per heavy atom. The lowest BCUT2D eigenvalue weighted by molar-refractivity contribution is -0.141. The highest BCUT2D eigenvalue weighted by atomic mass is 16.5. The third-order valence-corrected chi connectivity index (χ3v) is 3.20. The van der Waals surface area contributed by atoms with E-state index in [1.807, 2.05) is 6.07 Å². The van der Waals surface area contributed by atoms with Crippen molar-refractivity contribution in [2.45, 2.75) is 6.54 Å². The molecule has 0 N–H and O–H groups in total. The third-order valence-electron chi connectivity index (χ3n) is 3.20. The molecule has 0 fully saturated rings. The van der Waals surface area contributed by atoms with E-state index >= 15 is 0 Å². The van der Waals surface area contributed by atoms with Crippen LogP contribution in [-0.2, 0) is 16.1 Å². The maximum Gasteiger partial charge on any atom is 0.325 e. The Kier molecular flexibility index (Phi) is 4.59. The summed E-state index contributed by atoms with van der Waals surface area (Å²) in [7, 11) is 2.80. The maximum absolute atomic E-state index is 12.3. The molecule has 0 aliphatic rings. The van der Waals surface area contributed by atoms with Crippen LogP contribution in [0.15, 0.2) is 41.2 Å². The molecule has 22 heavy (non-hydrogen) atoms. The summed E-state index contributed by atoms with van der Waals surface area (Å²) in [4.78, 5) is 23.8. The molecule has 0 saturated carbocycles. The number of rotatable bonds is 4. The van der Waals surface area contributed by atoms with E-state index in [1.54, 1.807) is 37.4 Å². The average molecular weight is 298 g/mol. The molecule has 0 radical (unpaired) electrons. The highest BCUT2D eigenvalue weighted by Crippen LogP contribution is 2.21. The first kappa shape index (κ1) is 15.3. The van der Waals surface area contributed by atoms with Crippen molar-refractivity contribution in [3.05, 3.63) is 52.3 Å². The largest absolute Gasteiger partial charge is 0.497 e. The van der Waals surface area contributed by atoms with Crippen molar-refractivity contribution in [3.63, 3.8) is 0 Å². The van der Waals surface area contributed by atoms with Gasteiger partial charge in [0.15, 0.2) is 0 Å². The zero-order valence-corrected chi connectivity index (χ0v) is 12.2. The van der Waals surface area contributed by atoms with Gasteiger partial charge in [-0.1, -0.05) is 0 Å². The van der Waals surface area contributed by atoms with Gasteiger partial charge in [-0.05, 0) is 42.0 Å². The van der Waals surface area contributed by atoms with E-state index in [0.717, 1.165) is 5.56 Å². The number of ether oxygens (including phenoxy) is 2. The molecule has 0 aliphatic heterocycles. The fourth-order valence-corrected chi connectivity index (χ4v) is 2.03. The number of hydrogen-bond acceptors (Lipinski definition) is 5. The molecule has 0 atom stereocenters. The van der Waals surface area contributed by atoms with Gasteiger partial charge in [-0.3, -0.25) is 14.2 Å². The topological polar surface area (TPSA) is 81.3 Å². The lowest BCUT2D eigenvalue weighted by Crippen LogP contribution is -2.28. The number of pyridine rings is 1. The Balaban J connectivity index is 2.58. The van der Waals surface area contributed by atoms with Crippen LogP contribution in [0.3, 0.4) is 0 Å². The van der Waals surface area contributed by atoms with E-state index in [0.29, 0.717) is 11.4 Å². The molecular weight excluding hydrogens is 284 g/mol. The number of benzene rings is 1. The van der Waals surface area contributed by atoms with Gasteiger partial charge in [0.25, 0.3) is 5.56 Å². The number of aromatic nitrogens is 1. The molecule has 0 unspecified atom stereocenters. The van der Waals surface area contributed by atoms with Gasteiger partial charge < -0.3 is 9.47 Å². The third kappa shape index (κ3) is 2.99. The van der Waals surface area contributed by atoms with Gasteiger partial charge in [-0.15, -0.1) is 0 Å². The summed E-state index contributed by atoms with van der Waals surface area (Å²) in [6.45, 7) is -0.258. The second-order valence-corrected chi connectivity index (χ2v) is 4.44. The van der Waals surface area contributed by atoms with E-state index in [1.165, 1.54) is 17.7 Å². The molecule has 6 nitrogen and oxygen atoms in total. The number of nitriles is 1. The van der Waals surface area contributed by atoms with Crippen LogP contribution in [0.1, 0.15) is 5.56 Å². The van der Waals surface area contributed by atoms with Crippen LogP contribution in [0, 0.1) is 11.3 Å². The summed E-state index contributed by atoms with van der Waals surface area (Å²) < 4.78 is 10.9. The number of esters is 1. The van der Waals surface area contributed by atoms with Crippen molar-refractivity contribution in [2.75, 3.05) is 14.2 Å². The molecule has 112 valence electrons. The minimum Gasteiger partial charge on any atom is -0.497 e. The van der Waals surface area contributed by atoms with Crippen LogP contribution in [0.2, 0.25) is 0 Å². The Hall–Kier alpha value is -3.07. The molecule has 2 aromatic rings. The smallest absolute Gasteiger partial charge is 0.325 e. The lowest BCUT2D eigenvalue weighted by atomic mass is 10.1. The van der Waals surface area contributed by atoms with Gasteiger partial charge in [-0.25, -0.2) is 0 Å². The van der Waals surface area contributed by atoms with Crippen molar-refractivity contribution in [3.8, 4) is 23.1 Å². The van der Waals surface area contributed by atoms with Crippen LogP contribution >= 0.6 is 0 Å². The second kappa shape index (κ2) is 6.59. The molecule has 0 aliphatic carbocycles. The van der Waals surface area contributed by atoms with Gasteiger partial charge >= 0.3 is 5.97 Å². The number of carbonyl (C=O) groups is 1. The number of methoxy groups -OCH3 is 2. The monoisotopic (exact) mass is 298 g/mol. The molecule has 1 heterocycles. The van der Waals surface area contributed by atoms with Crippen LogP contribution in [0.5, 0.6) is 5.75 Å². The highest BCUT2D eigenvalue weighted by molar-refractivity contribution is 5.71. The van der Waals surface area contributed by atoms with Crippen molar-refractivity contribution >= 4 is 5.97 Å². The molecule has 1 aromatic carbocycles. The Morgan fingerprint density at radius 2 is 1.86 bits per heavy atom. The van der Waals surface area contributed by atoms with Crippen molar-refractivity contribution < 1.29 is 14.3 Å². The van der Waals surface area contributed by atoms with Crippen LogP contribution in [0.25, 0.3) is 11.3 Å². The first-order valence-corrected chi connectivity index (χ1v) is 6.46. The molecule has 0 saturated heterocycles. The van der Waals surface area contributed by atoms with Crippen LogP contribution in [0.4, 0.5) is 0 Å². The van der Waals surface area contributed by atoms with Gasteiger partial charge in [0.2, 0.25) is 0 Å². The quantitative estimate of drug-likeness (QED) is 0.800. The maximum atomic E-state index is 12.3. The first-order valence-electron chi connectivity index (χ1n) is 6.46. The van der Waals surface area contributed by atoms with Crippen LogP contribution < -0.4 is 10.3 Å². The summed E-state index contributed by atoms with van der Waals surface area (Å²) in [5.74, 6) is 0.117. The zero-order valence-electron chi connectivity index (χ0n) is 12.2. The van der Waals surface area contributed by atoms with Gasteiger partial charge in [-0.2, -0.15) is 5.26 Å². The molecular formula is C16H14N2O4. The second-order valence-electron chi connectivity index (χ2n) is 4.44. The standard InChI is InChI=1S/C16H14N2O4/c1-21-13-6-3-11(4-7-13)14-8-5-12(9-17)16(20)18(14)10-15(19)22-2/h3-8H,10H2,1-2H3. The fourth-order valence-electron chi connectivity index (χ4n) is 2.03. The van der Waals surface area contributed by atoms with Crippen LogP contribution in [-0.4, -0.2) is 24.8 Å². The molecule has 0 bridgehead atoms. The lowest BCUT2D eigenvalue weighted by Gasteiger charge is -2.12.